The van der Waals surface area contributed by atoms with E-state index in [0.717, 1.165) is 5.56 Å². The lowest BCUT2D eigenvalue weighted by molar-refractivity contribution is -0.139. The molecule has 0 heterocycles. The monoisotopic (exact) mass is 367 g/mol. The summed E-state index contributed by atoms with van der Waals surface area (Å²) in [5.41, 5.74) is 0.793. The van der Waals surface area contributed by atoms with Gasteiger partial charge in [0.2, 0.25) is 0 Å². The molecule has 1 aromatic carbocycles. The van der Waals surface area contributed by atoms with Crippen molar-refractivity contribution in [1.29, 1.82) is 0 Å². The van der Waals surface area contributed by atoms with Crippen LogP contribution in [0.4, 0.5) is 4.39 Å². The molecule has 0 saturated carbocycles. The Morgan fingerprint density at radius 3 is 2.78 bits per heavy atom. The molecule has 0 aliphatic carbocycles. The van der Waals surface area contributed by atoms with Crippen LogP contribution >= 0.6 is 22.6 Å². The fraction of sp³-hybridized carbons (Fsp3) is 0.417. The van der Waals surface area contributed by atoms with Gasteiger partial charge in [-0.1, -0.05) is 28.7 Å². The third kappa shape index (κ3) is 4.41. The highest BCUT2D eigenvalue weighted by molar-refractivity contribution is 14.1. The minimum absolute atomic E-state index is 0.222. The average molecular weight is 367 g/mol. The number of carbonyl (C=O) groups is 1. The molecule has 0 aliphatic heterocycles. The van der Waals surface area contributed by atoms with Gasteiger partial charge in [-0.15, -0.1) is 0 Å². The second-order valence-corrected chi connectivity index (χ2v) is 5.09. The lowest BCUT2D eigenvalue weighted by Crippen LogP contribution is -2.29. The Bertz CT molecular complexity index is 414. The number of carbonyl (C=O) groups excluding carboxylic acids is 1. The molecule has 0 bridgehead atoms. The van der Waals surface area contributed by atoms with Crippen LogP contribution in [0.1, 0.15) is 5.56 Å². The molecule has 100 valence electrons. The van der Waals surface area contributed by atoms with Crippen molar-refractivity contribution in [3.63, 3.8) is 0 Å². The van der Waals surface area contributed by atoms with E-state index in [4.69, 9.17) is 4.74 Å². The summed E-state index contributed by atoms with van der Waals surface area (Å²) in [7, 11) is 2.78. The average Bonchev–Trinajstić information content (AvgIpc) is 2.37. The maximum absolute atomic E-state index is 13.4. The number of rotatable bonds is 6. The molecule has 0 aromatic heterocycles. The first-order valence-electron chi connectivity index (χ1n) is 5.33. The quantitative estimate of drug-likeness (QED) is 0.474. The SMILES string of the molecule is COC(=O)C(I)CNCc1ccc(OC)c(F)c1. The number of esters is 1. The fourth-order valence-corrected chi connectivity index (χ4v) is 1.94. The molecule has 1 aromatic rings. The van der Waals surface area contributed by atoms with Gasteiger partial charge >= 0.3 is 5.97 Å². The Balaban J connectivity index is 2.44. The predicted octanol–water partition coefficient (Wildman–Crippen LogP) is 1.90. The van der Waals surface area contributed by atoms with E-state index in [1.807, 2.05) is 22.6 Å². The number of ether oxygens (including phenoxy) is 2. The molecule has 1 N–H and O–H groups in total. The van der Waals surface area contributed by atoms with E-state index in [1.54, 1.807) is 12.1 Å². The summed E-state index contributed by atoms with van der Waals surface area (Å²) in [4.78, 5) is 11.1. The van der Waals surface area contributed by atoms with Crippen molar-refractivity contribution in [3.8, 4) is 5.75 Å². The molecule has 0 fully saturated rings. The first-order chi connectivity index (χ1) is 8.58. The first kappa shape index (κ1) is 15.2. The number of benzene rings is 1. The Kier molecular flexibility index (Phi) is 6.34. The van der Waals surface area contributed by atoms with Crippen LogP contribution in [0.5, 0.6) is 5.75 Å². The highest BCUT2D eigenvalue weighted by Crippen LogP contribution is 2.17. The molecule has 0 amide bonds. The summed E-state index contributed by atoms with van der Waals surface area (Å²) in [5.74, 6) is -0.445. The molecule has 6 heteroatoms. The van der Waals surface area contributed by atoms with E-state index in [-0.39, 0.29) is 15.6 Å². The number of hydrogen-bond donors (Lipinski definition) is 1. The molecule has 0 aliphatic rings. The van der Waals surface area contributed by atoms with Crippen molar-refractivity contribution in [2.24, 2.45) is 0 Å². The summed E-state index contributed by atoms with van der Waals surface area (Å²) in [6.45, 7) is 0.957. The minimum Gasteiger partial charge on any atom is -0.494 e. The molecule has 1 rings (SSSR count). The summed E-state index contributed by atoms with van der Waals surface area (Å²) in [6, 6.07) is 4.76. The third-order valence-corrected chi connectivity index (χ3v) is 3.27. The van der Waals surface area contributed by atoms with Gasteiger partial charge in [0.05, 0.1) is 14.2 Å². The van der Waals surface area contributed by atoms with Gasteiger partial charge in [0.1, 0.15) is 3.92 Å². The number of halogens is 2. The van der Waals surface area contributed by atoms with E-state index >= 15 is 0 Å². The summed E-state index contributed by atoms with van der Waals surface area (Å²) in [6.07, 6.45) is 0. The van der Waals surface area contributed by atoms with E-state index in [2.05, 4.69) is 10.1 Å². The highest BCUT2D eigenvalue weighted by Gasteiger charge is 2.14. The Hall–Kier alpha value is -0.890. The topological polar surface area (TPSA) is 47.6 Å². The standard InChI is InChI=1S/C12H15FINO3/c1-17-11-4-3-8(5-9(11)13)6-15-7-10(14)12(16)18-2/h3-5,10,15H,6-7H2,1-2H3. The van der Waals surface area contributed by atoms with Gasteiger partial charge in [0.25, 0.3) is 0 Å². The molecular weight excluding hydrogens is 352 g/mol. The van der Waals surface area contributed by atoms with E-state index in [1.165, 1.54) is 20.3 Å². The maximum atomic E-state index is 13.4. The second kappa shape index (κ2) is 7.52. The van der Waals surface area contributed by atoms with Crippen molar-refractivity contribution in [2.45, 2.75) is 10.5 Å². The van der Waals surface area contributed by atoms with Gasteiger partial charge in [-0.3, -0.25) is 4.79 Å². The van der Waals surface area contributed by atoms with E-state index in [0.29, 0.717) is 13.1 Å². The lowest BCUT2D eigenvalue weighted by Gasteiger charge is -2.10. The van der Waals surface area contributed by atoms with Crippen LogP contribution in [0, 0.1) is 5.82 Å². The number of hydrogen-bond acceptors (Lipinski definition) is 4. The zero-order valence-corrected chi connectivity index (χ0v) is 12.4. The van der Waals surface area contributed by atoms with Gasteiger partial charge in [0.15, 0.2) is 11.6 Å². The molecule has 4 nitrogen and oxygen atoms in total. The van der Waals surface area contributed by atoms with Crippen LogP contribution in [0.25, 0.3) is 0 Å². The number of methoxy groups -OCH3 is 2. The Labute approximate surface area is 119 Å². The van der Waals surface area contributed by atoms with Crippen LogP contribution in [0.3, 0.4) is 0 Å². The van der Waals surface area contributed by atoms with Gasteiger partial charge in [0, 0.05) is 13.1 Å². The zero-order valence-electron chi connectivity index (χ0n) is 10.2. The fourth-order valence-electron chi connectivity index (χ4n) is 1.37. The summed E-state index contributed by atoms with van der Waals surface area (Å²) < 4.78 is 22.6. The van der Waals surface area contributed by atoms with Gasteiger partial charge in [-0.25, -0.2) is 4.39 Å². The smallest absolute Gasteiger partial charge is 0.319 e. The highest BCUT2D eigenvalue weighted by atomic mass is 127. The maximum Gasteiger partial charge on any atom is 0.319 e. The molecule has 1 atom stereocenters. The first-order valence-corrected chi connectivity index (χ1v) is 6.58. The van der Waals surface area contributed by atoms with Crippen LogP contribution < -0.4 is 10.1 Å². The van der Waals surface area contributed by atoms with Gasteiger partial charge in [-0.05, 0) is 17.7 Å². The van der Waals surface area contributed by atoms with Crippen molar-refractivity contribution in [2.75, 3.05) is 20.8 Å². The van der Waals surface area contributed by atoms with Crippen molar-refractivity contribution in [1.82, 2.24) is 5.32 Å². The second-order valence-electron chi connectivity index (χ2n) is 3.59. The molecular formula is C12H15FINO3. The summed E-state index contributed by atoms with van der Waals surface area (Å²) in [5, 5.41) is 3.07. The van der Waals surface area contributed by atoms with Gasteiger partial charge < -0.3 is 14.8 Å². The van der Waals surface area contributed by atoms with Crippen LogP contribution in [-0.4, -0.2) is 30.7 Å². The number of nitrogens with one attached hydrogen (secondary N) is 1. The Morgan fingerprint density at radius 2 is 2.22 bits per heavy atom. The van der Waals surface area contributed by atoms with Crippen LogP contribution in [-0.2, 0) is 16.1 Å². The predicted molar refractivity (Wildman–Crippen MR) is 74.5 cm³/mol. The van der Waals surface area contributed by atoms with Crippen LogP contribution in [0.2, 0.25) is 0 Å². The van der Waals surface area contributed by atoms with Crippen molar-refractivity contribution in [3.05, 3.63) is 29.6 Å². The van der Waals surface area contributed by atoms with E-state index < -0.39 is 5.82 Å². The molecule has 18 heavy (non-hydrogen) atoms. The molecule has 0 saturated heterocycles. The molecule has 1 unspecified atom stereocenters. The molecule has 0 radical (unpaired) electrons. The van der Waals surface area contributed by atoms with E-state index in [9.17, 15) is 9.18 Å². The normalized spacial score (nSPS) is 12.0. The van der Waals surface area contributed by atoms with Gasteiger partial charge in [-0.2, -0.15) is 0 Å². The lowest BCUT2D eigenvalue weighted by atomic mass is 10.2. The third-order valence-electron chi connectivity index (χ3n) is 2.33. The molecule has 0 spiro atoms. The van der Waals surface area contributed by atoms with Crippen molar-refractivity contribution >= 4 is 28.6 Å². The number of alkyl halides is 1. The summed E-state index contributed by atoms with van der Waals surface area (Å²) >= 11 is 2.00. The largest absolute Gasteiger partial charge is 0.494 e. The Morgan fingerprint density at radius 1 is 1.50 bits per heavy atom. The van der Waals surface area contributed by atoms with Crippen molar-refractivity contribution < 1.29 is 18.7 Å². The minimum atomic E-state index is -0.393. The van der Waals surface area contributed by atoms with Crippen LogP contribution in [0.15, 0.2) is 18.2 Å². The zero-order chi connectivity index (χ0) is 13.5.